The number of hydrogen-bond donors (Lipinski definition) is 2. The maximum Gasteiger partial charge on any atom is 0.261 e. The monoisotopic (exact) mass is 488 g/mol. The zero-order chi connectivity index (χ0) is 26.0. The molecule has 0 aliphatic heterocycles. The summed E-state index contributed by atoms with van der Waals surface area (Å²) in [5.41, 5.74) is 14.8. The summed E-state index contributed by atoms with van der Waals surface area (Å²) >= 11 is 0. The van der Waals surface area contributed by atoms with Crippen LogP contribution in [0.5, 0.6) is 0 Å². The topological polar surface area (TPSA) is 141 Å². The highest BCUT2D eigenvalue weighted by Gasteiger charge is 2.47. The molecule has 1 atom stereocenters. The number of likely N-dealkylation sites (N-methyl/N-ethyl adjacent to an activating group) is 1. The van der Waals surface area contributed by atoms with Crippen LogP contribution in [0.4, 0.5) is 0 Å². The molecule has 0 bridgehead atoms. The fraction of sp³-hybridized carbons (Fsp3) is 0.346. The van der Waals surface area contributed by atoms with Gasteiger partial charge in [0.2, 0.25) is 5.91 Å². The number of aromatic nitrogens is 4. The van der Waals surface area contributed by atoms with Crippen molar-refractivity contribution in [1.29, 1.82) is 0 Å². The molecule has 0 spiro atoms. The van der Waals surface area contributed by atoms with Crippen molar-refractivity contribution >= 4 is 11.6 Å². The number of carbonyl (C=O) groups is 1. The normalized spacial score (nSPS) is 15.3. The molecule has 10 nitrogen and oxygen atoms in total. The Morgan fingerprint density at radius 3 is 2.58 bits per heavy atom. The fourth-order valence-corrected chi connectivity index (χ4v) is 4.06. The first kappa shape index (κ1) is 24.9. The summed E-state index contributed by atoms with van der Waals surface area (Å²) < 4.78 is 7.20. The van der Waals surface area contributed by atoms with Gasteiger partial charge < -0.3 is 20.9 Å². The summed E-state index contributed by atoms with van der Waals surface area (Å²) in [5, 5.41) is 8.62. The minimum atomic E-state index is -0.417. The Hall–Kier alpha value is -4.21. The maximum atomic E-state index is 12.0. The molecule has 0 saturated heterocycles. The number of carbonyl (C=O) groups excluding carboxylic acids is 1. The molecule has 1 aliphatic carbocycles. The van der Waals surface area contributed by atoms with Crippen LogP contribution in [0, 0.1) is 5.92 Å². The Morgan fingerprint density at radius 2 is 2.00 bits per heavy atom. The van der Waals surface area contributed by atoms with Gasteiger partial charge in [0.05, 0.1) is 28.6 Å². The molecule has 10 heteroatoms. The Kier molecular flexibility index (Phi) is 6.78. The van der Waals surface area contributed by atoms with E-state index in [1.807, 2.05) is 12.1 Å². The number of benzene rings is 1. The third-order valence-electron chi connectivity index (χ3n) is 6.64. The number of nitrogens with zero attached hydrogens (tertiary/aromatic N) is 6. The molecule has 36 heavy (non-hydrogen) atoms. The standard InChI is InChI=1S/C26H32N8O2/c1-6-21(30-16(2)23(27)28)17-7-9-19(10-8-17)26(3,20-11-12-20)25-31-24(36-32-25)18-13-29-34(14-18)15-22(35)33(4)5/h6-10,13-14,20H,1,11-12,15,27-28H2,2-5H3/t26-/m0/s1. The van der Waals surface area contributed by atoms with Gasteiger partial charge in [0.25, 0.3) is 5.89 Å². The van der Waals surface area contributed by atoms with Gasteiger partial charge in [-0.05, 0) is 44.2 Å². The van der Waals surface area contributed by atoms with Crippen molar-refractivity contribution < 1.29 is 9.32 Å². The quantitative estimate of drug-likeness (QED) is 0.441. The van der Waals surface area contributed by atoms with Gasteiger partial charge in [-0.3, -0.25) is 9.48 Å². The van der Waals surface area contributed by atoms with Crippen LogP contribution in [0.2, 0.25) is 0 Å². The number of rotatable bonds is 9. The highest BCUT2D eigenvalue weighted by Crippen LogP contribution is 2.50. The summed E-state index contributed by atoms with van der Waals surface area (Å²) in [7, 11) is 3.42. The molecule has 1 amide bonds. The first-order valence-corrected chi connectivity index (χ1v) is 11.7. The van der Waals surface area contributed by atoms with Gasteiger partial charge >= 0.3 is 0 Å². The summed E-state index contributed by atoms with van der Waals surface area (Å²) in [5.74, 6) is 1.53. The molecule has 2 aromatic heterocycles. The third kappa shape index (κ3) is 4.93. The van der Waals surface area contributed by atoms with Gasteiger partial charge in [-0.15, -0.1) is 0 Å². The molecular weight excluding hydrogens is 456 g/mol. The van der Waals surface area contributed by atoms with E-state index >= 15 is 0 Å². The van der Waals surface area contributed by atoms with Crippen molar-refractivity contribution in [1.82, 2.24) is 24.8 Å². The average Bonchev–Trinajstić information content (AvgIpc) is 3.42. The van der Waals surface area contributed by atoms with Crippen LogP contribution < -0.4 is 11.5 Å². The predicted octanol–water partition coefficient (Wildman–Crippen LogP) is 2.82. The van der Waals surface area contributed by atoms with E-state index in [4.69, 9.17) is 21.0 Å². The molecular formula is C26H32N8O2. The van der Waals surface area contributed by atoms with Crippen molar-refractivity contribution in [2.75, 3.05) is 14.1 Å². The second kappa shape index (κ2) is 9.80. The maximum absolute atomic E-state index is 12.0. The van der Waals surface area contributed by atoms with Crippen LogP contribution >= 0.6 is 0 Å². The van der Waals surface area contributed by atoms with Crippen LogP contribution in [0.15, 0.2) is 70.3 Å². The SMILES string of the molecule is C=CC(=NC(C)=C(N)N)c1ccc([C@](C)(c2noc(-c3cnn(CC(=O)N(C)C)c3)n2)C2CC2)cc1. The van der Waals surface area contributed by atoms with Crippen LogP contribution in [0.1, 0.15) is 43.6 Å². The molecule has 4 N–H and O–H groups in total. The minimum absolute atomic E-state index is 0.0528. The van der Waals surface area contributed by atoms with Gasteiger partial charge in [0.15, 0.2) is 5.82 Å². The van der Waals surface area contributed by atoms with E-state index in [-0.39, 0.29) is 18.3 Å². The van der Waals surface area contributed by atoms with Crippen LogP contribution in [-0.2, 0) is 16.8 Å². The van der Waals surface area contributed by atoms with Gasteiger partial charge in [-0.2, -0.15) is 10.1 Å². The molecule has 1 aromatic carbocycles. The van der Waals surface area contributed by atoms with E-state index in [2.05, 4.69) is 40.9 Å². The zero-order valence-corrected chi connectivity index (χ0v) is 21.1. The Balaban J connectivity index is 1.62. The molecule has 1 fully saturated rings. The Bertz CT molecular complexity index is 1320. The largest absolute Gasteiger partial charge is 0.384 e. The molecule has 0 radical (unpaired) electrons. The third-order valence-corrected chi connectivity index (χ3v) is 6.64. The fourth-order valence-electron chi connectivity index (χ4n) is 4.06. The summed E-state index contributed by atoms with van der Waals surface area (Å²) in [6.07, 6.45) is 7.23. The van der Waals surface area contributed by atoms with E-state index in [0.717, 1.165) is 24.0 Å². The zero-order valence-electron chi connectivity index (χ0n) is 21.1. The van der Waals surface area contributed by atoms with E-state index in [1.54, 1.807) is 44.2 Å². The lowest BCUT2D eigenvalue weighted by molar-refractivity contribution is -0.129. The van der Waals surface area contributed by atoms with Crippen molar-refractivity contribution in [3.63, 3.8) is 0 Å². The minimum Gasteiger partial charge on any atom is -0.384 e. The van der Waals surface area contributed by atoms with Crippen LogP contribution in [0.25, 0.3) is 11.5 Å². The second-order valence-electron chi connectivity index (χ2n) is 9.43. The molecule has 4 rings (SSSR count). The highest BCUT2D eigenvalue weighted by molar-refractivity contribution is 6.08. The second-order valence-corrected chi connectivity index (χ2v) is 9.43. The van der Waals surface area contributed by atoms with Gasteiger partial charge in [0, 0.05) is 25.9 Å². The van der Waals surface area contributed by atoms with Gasteiger partial charge in [0.1, 0.15) is 12.4 Å². The Morgan fingerprint density at radius 1 is 1.31 bits per heavy atom. The smallest absolute Gasteiger partial charge is 0.261 e. The van der Waals surface area contributed by atoms with Crippen LogP contribution in [-0.4, -0.2) is 50.5 Å². The summed E-state index contributed by atoms with van der Waals surface area (Å²) in [4.78, 5) is 22.7. The van der Waals surface area contributed by atoms with Crippen molar-refractivity contribution in [3.8, 4) is 11.5 Å². The van der Waals surface area contributed by atoms with Crippen molar-refractivity contribution in [2.45, 2.75) is 38.6 Å². The highest BCUT2D eigenvalue weighted by atomic mass is 16.5. The van der Waals surface area contributed by atoms with E-state index in [9.17, 15) is 4.79 Å². The lowest BCUT2D eigenvalue weighted by atomic mass is 9.77. The van der Waals surface area contributed by atoms with E-state index in [1.165, 1.54) is 4.90 Å². The summed E-state index contributed by atoms with van der Waals surface area (Å²) in [6, 6.07) is 8.14. The number of aliphatic imine (C=N–C) groups is 1. The molecule has 0 unspecified atom stereocenters. The first-order valence-electron chi connectivity index (χ1n) is 11.7. The van der Waals surface area contributed by atoms with E-state index in [0.29, 0.717) is 34.6 Å². The molecule has 1 saturated carbocycles. The van der Waals surface area contributed by atoms with E-state index < -0.39 is 5.41 Å². The first-order chi connectivity index (χ1) is 17.1. The summed E-state index contributed by atoms with van der Waals surface area (Å²) in [6.45, 7) is 7.92. The predicted molar refractivity (Wildman–Crippen MR) is 138 cm³/mol. The number of allylic oxidation sites excluding steroid dienone is 2. The molecule has 3 aromatic rings. The number of amides is 1. The van der Waals surface area contributed by atoms with Gasteiger partial charge in [-0.1, -0.05) is 36.0 Å². The van der Waals surface area contributed by atoms with Crippen LogP contribution in [0.3, 0.4) is 0 Å². The number of hydrogen-bond acceptors (Lipinski definition) is 8. The number of nitrogens with two attached hydrogens (primary N) is 2. The van der Waals surface area contributed by atoms with Gasteiger partial charge in [-0.25, -0.2) is 4.99 Å². The van der Waals surface area contributed by atoms with Crippen molar-refractivity contribution in [3.05, 3.63) is 77.8 Å². The van der Waals surface area contributed by atoms with Crippen molar-refractivity contribution in [2.24, 2.45) is 22.4 Å². The molecule has 188 valence electrons. The molecule has 2 heterocycles. The average molecular weight is 489 g/mol. The lowest BCUT2D eigenvalue weighted by Crippen LogP contribution is -2.28. The lowest BCUT2D eigenvalue weighted by Gasteiger charge is -2.27. The Labute approximate surface area is 210 Å². The molecule has 1 aliphatic rings.